The highest BCUT2D eigenvalue weighted by atomic mass is 32.1. The maximum absolute atomic E-state index is 13.7. The van der Waals surface area contributed by atoms with E-state index in [1.807, 2.05) is 24.3 Å². The number of aromatic nitrogens is 1. The Hall–Kier alpha value is -3.78. The maximum Gasteiger partial charge on any atom is 0.231 e. The number of halogens is 1. The predicted molar refractivity (Wildman–Crippen MR) is 131 cm³/mol. The summed E-state index contributed by atoms with van der Waals surface area (Å²) in [4.78, 5) is 32.8. The molecule has 1 aliphatic heterocycles. The van der Waals surface area contributed by atoms with Crippen LogP contribution in [0.25, 0.3) is 10.2 Å². The van der Waals surface area contributed by atoms with Gasteiger partial charge in [0.05, 0.1) is 29.3 Å². The summed E-state index contributed by atoms with van der Waals surface area (Å²) in [5, 5.41) is 3.46. The first kappa shape index (κ1) is 22.0. The molecule has 1 fully saturated rings. The molecule has 0 unspecified atom stereocenters. The minimum atomic E-state index is -0.593. The Bertz CT molecular complexity index is 1300. The van der Waals surface area contributed by atoms with Crippen LogP contribution < -0.4 is 15.0 Å². The summed E-state index contributed by atoms with van der Waals surface area (Å²) in [6.07, 6.45) is 0.603. The summed E-state index contributed by atoms with van der Waals surface area (Å²) in [5.41, 5.74) is 2.16. The predicted octanol–water partition coefficient (Wildman–Crippen LogP) is 5.57. The standard InChI is InChI=1S/C26H22FN3O3S/c1-33-19-12-10-18(11-13-19)30-23(31)15-14-20(24(30)16-6-8-17(27)9-7-16)25(32)29-26-28-21-4-2-3-5-22(21)34-26/h2-13,20,24H,14-15H2,1H3,(H,28,29,32)/t20-,24+/m1/s1. The lowest BCUT2D eigenvalue weighted by atomic mass is 9.83. The van der Waals surface area contributed by atoms with Gasteiger partial charge >= 0.3 is 0 Å². The molecule has 1 aromatic heterocycles. The summed E-state index contributed by atoms with van der Waals surface area (Å²) >= 11 is 1.40. The third-order valence-electron chi connectivity index (χ3n) is 6.02. The van der Waals surface area contributed by atoms with Gasteiger partial charge in [0.2, 0.25) is 11.8 Å². The molecule has 2 amide bonds. The van der Waals surface area contributed by atoms with E-state index in [0.717, 1.165) is 10.2 Å². The zero-order valence-electron chi connectivity index (χ0n) is 18.4. The van der Waals surface area contributed by atoms with Crippen molar-refractivity contribution in [3.05, 3.63) is 84.2 Å². The number of para-hydroxylation sites is 1. The summed E-state index contributed by atoms with van der Waals surface area (Å²) in [5.74, 6) is -0.575. The number of carbonyl (C=O) groups is 2. The zero-order valence-corrected chi connectivity index (χ0v) is 19.2. The summed E-state index contributed by atoms with van der Waals surface area (Å²) in [6.45, 7) is 0. The SMILES string of the molecule is COc1ccc(N2C(=O)CC[C@@H](C(=O)Nc3nc4ccccc4s3)[C@@H]2c2ccc(F)cc2)cc1. The van der Waals surface area contributed by atoms with Crippen molar-refractivity contribution >= 4 is 44.2 Å². The molecule has 6 nitrogen and oxygen atoms in total. The summed E-state index contributed by atoms with van der Waals surface area (Å²) < 4.78 is 19.9. The van der Waals surface area contributed by atoms with Crippen LogP contribution in [0.15, 0.2) is 72.8 Å². The molecule has 0 spiro atoms. The number of methoxy groups -OCH3 is 1. The normalized spacial score (nSPS) is 18.2. The minimum Gasteiger partial charge on any atom is -0.497 e. The number of fused-ring (bicyclic) bond motifs is 1. The van der Waals surface area contributed by atoms with Crippen molar-refractivity contribution < 1.29 is 18.7 Å². The molecule has 0 radical (unpaired) electrons. The molecule has 34 heavy (non-hydrogen) atoms. The average Bonchev–Trinajstić information content (AvgIpc) is 3.26. The maximum atomic E-state index is 13.7. The highest BCUT2D eigenvalue weighted by Gasteiger charge is 2.41. The monoisotopic (exact) mass is 475 g/mol. The van der Waals surface area contributed by atoms with Gasteiger partial charge in [-0.25, -0.2) is 9.37 Å². The van der Waals surface area contributed by atoms with Gasteiger partial charge in [-0.05, 0) is 60.5 Å². The number of benzene rings is 3. The van der Waals surface area contributed by atoms with Gasteiger partial charge in [0.25, 0.3) is 0 Å². The second-order valence-corrected chi connectivity index (χ2v) is 9.11. The molecule has 2 heterocycles. The number of ether oxygens (including phenoxy) is 1. The average molecular weight is 476 g/mol. The van der Waals surface area contributed by atoms with Gasteiger partial charge in [0.15, 0.2) is 5.13 Å². The number of hydrogen-bond acceptors (Lipinski definition) is 5. The minimum absolute atomic E-state index is 0.0940. The lowest BCUT2D eigenvalue weighted by Crippen LogP contribution is -2.47. The van der Waals surface area contributed by atoms with E-state index >= 15 is 0 Å². The van der Waals surface area contributed by atoms with E-state index in [9.17, 15) is 14.0 Å². The van der Waals surface area contributed by atoms with Gasteiger partial charge in [-0.15, -0.1) is 0 Å². The van der Waals surface area contributed by atoms with Crippen LogP contribution in [0.5, 0.6) is 5.75 Å². The Morgan fingerprint density at radius 3 is 2.53 bits per heavy atom. The molecule has 4 aromatic rings. The van der Waals surface area contributed by atoms with Crippen molar-refractivity contribution in [1.82, 2.24) is 4.98 Å². The molecule has 3 aromatic carbocycles. The van der Waals surface area contributed by atoms with Crippen LogP contribution in [0.2, 0.25) is 0 Å². The van der Waals surface area contributed by atoms with Crippen LogP contribution in [-0.4, -0.2) is 23.9 Å². The van der Waals surface area contributed by atoms with E-state index in [2.05, 4.69) is 10.3 Å². The number of hydrogen-bond donors (Lipinski definition) is 1. The molecule has 172 valence electrons. The van der Waals surface area contributed by atoms with Crippen molar-refractivity contribution in [3.63, 3.8) is 0 Å². The Kier molecular flexibility index (Phi) is 5.98. The number of anilines is 2. The summed E-state index contributed by atoms with van der Waals surface area (Å²) in [7, 11) is 1.57. The van der Waals surface area contributed by atoms with E-state index in [1.54, 1.807) is 48.4 Å². The lowest BCUT2D eigenvalue weighted by Gasteiger charge is -2.40. The van der Waals surface area contributed by atoms with Gasteiger partial charge < -0.3 is 15.0 Å². The second kappa shape index (κ2) is 9.23. The van der Waals surface area contributed by atoms with Crippen LogP contribution in [0.1, 0.15) is 24.4 Å². The lowest BCUT2D eigenvalue weighted by molar-refractivity contribution is -0.125. The van der Waals surface area contributed by atoms with E-state index in [-0.39, 0.29) is 24.1 Å². The topological polar surface area (TPSA) is 71.5 Å². The second-order valence-electron chi connectivity index (χ2n) is 8.08. The molecule has 0 aliphatic carbocycles. The van der Waals surface area contributed by atoms with E-state index < -0.39 is 12.0 Å². The summed E-state index contributed by atoms with van der Waals surface area (Å²) in [6, 6.07) is 20.2. The van der Waals surface area contributed by atoms with Crippen molar-refractivity contribution in [1.29, 1.82) is 0 Å². The molecule has 0 saturated carbocycles. The molecule has 1 saturated heterocycles. The van der Waals surface area contributed by atoms with Crippen LogP contribution >= 0.6 is 11.3 Å². The Morgan fingerprint density at radius 1 is 1.09 bits per heavy atom. The fourth-order valence-corrected chi connectivity index (χ4v) is 5.25. The highest BCUT2D eigenvalue weighted by molar-refractivity contribution is 7.22. The molecule has 1 N–H and O–H groups in total. The van der Waals surface area contributed by atoms with E-state index in [4.69, 9.17) is 4.74 Å². The Balaban J connectivity index is 1.51. The number of thiazole rings is 1. The Morgan fingerprint density at radius 2 is 1.82 bits per heavy atom. The van der Waals surface area contributed by atoms with Crippen LogP contribution in [0, 0.1) is 11.7 Å². The number of rotatable bonds is 5. The number of nitrogens with zero attached hydrogens (tertiary/aromatic N) is 2. The third kappa shape index (κ3) is 4.24. The highest BCUT2D eigenvalue weighted by Crippen LogP contribution is 2.41. The first-order valence-electron chi connectivity index (χ1n) is 10.9. The van der Waals surface area contributed by atoms with Gasteiger partial charge in [0, 0.05) is 12.1 Å². The molecular weight excluding hydrogens is 453 g/mol. The van der Waals surface area contributed by atoms with Crippen LogP contribution in [-0.2, 0) is 9.59 Å². The van der Waals surface area contributed by atoms with E-state index in [0.29, 0.717) is 28.6 Å². The van der Waals surface area contributed by atoms with Crippen molar-refractivity contribution in [2.45, 2.75) is 18.9 Å². The van der Waals surface area contributed by atoms with Crippen molar-refractivity contribution in [2.24, 2.45) is 5.92 Å². The fraction of sp³-hybridized carbons (Fsp3) is 0.192. The third-order valence-corrected chi connectivity index (χ3v) is 6.97. The molecule has 8 heteroatoms. The quantitative estimate of drug-likeness (QED) is 0.410. The first-order chi connectivity index (χ1) is 16.5. The van der Waals surface area contributed by atoms with Gasteiger partial charge in [0.1, 0.15) is 11.6 Å². The smallest absolute Gasteiger partial charge is 0.231 e. The molecule has 0 bridgehead atoms. The van der Waals surface area contributed by atoms with Crippen molar-refractivity contribution in [3.8, 4) is 5.75 Å². The largest absolute Gasteiger partial charge is 0.497 e. The number of piperidine rings is 1. The number of amides is 2. The fourth-order valence-electron chi connectivity index (χ4n) is 4.38. The van der Waals surface area contributed by atoms with Crippen molar-refractivity contribution in [2.75, 3.05) is 17.3 Å². The zero-order chi connectivity index (χ0) is 23.7. The molecule has 5 rings (SSSR count). The van der Waals surface area contributed by atoms with Crippen LogP contribution in [0.4, 0.5) is 15.2 Å². The van der Waals surface area contributed by atoms with Gasteiger partial charge in [-0.2, -0.15) is 0 Å². The first-order valence-corrected chi connectivity index (χ1v) is 11.7. The number of carbonyl (C=O) groups excluding carboxylic acids is 2. The molecular formula is C26H22FN3O3S. The molecule has 2 atom stereocenters. The van der Waals surface area contributed by atoms with Gasteiger partial charge in [-0.1, -0.05) is 35.6 Å². The molecule has 1 aliphatic rings. The Labute approximate surface area is 200 Å². The van der Waals surface area contributed by atoms with E-state index in [1.165, 1.54) is 23.5 Å². The number of nitrogens with one attached hydrogen (secondary N) is 1. The van der Waals surface area contributed by atoms with Crippen LogP contribution in [0.3, 0.4) is 0 Å². The van der Waals surface area contributed by atoms with Gasteiger partial charge in [-0.3, -0.25) is 9.59 Å².